The third-order valence-corrected chi connectivity index (χ3v) is 4.88. The van der Waals surface area contributed by atoms with E-state index in [-0.39, 0.29) is 5.76 Å². The van der Waals surface area contributed by atoms with E-state index in [2.05, 4.69) is 4.99 Å². The summed E-state index contributed by atoms with van der Waals surface area (Å²) in [5, 5.41) is 0. The van der Waals surface area contributed by atoms with Crippen LogP contribution in [0.5, 0.6) is 0 Å². The highest BCUT2D eigenvalue weighted by Gasteiger charge is 2.27. The van der Waals surface area contributed by atoms with Crippen molar-refractivity contribution in [2.24, 2.45) is 4.99 Å². The highest BCUT2D eigenvalue weighted by molar-refractivity contribution is 7.99. The fourth-order valence-corrected chi connectivity index (χ4v) is 3.46. The molecule has 7 heteroatoms. The van der Waals surface area contributed by atoms with E-state index in [1.165, 1.54) is 6.26 Å². The number of benzene rings is 2. The molecule has 2 aromatic carbocycles. The Bertz CT molecular complexity index is 985. The number of halogens is 2. The third kappa shape index (κ3) is 3.64. The van der Waals surface area contributed by atoms with Gasteiger partial charge in [-0.2, -0.15) is 13.8 Å². The molecule has 0 saturated heterocycles. The maximum atomic E-state index is 12.5. The van der Waals surface area contributed by atoms with Crippen LogP contribution in [0.4, 0.5) is 14.5 Å². The van der Waals surface area contributed by atoms with Gasteiger partial charge in [-0.1, -0.05) is 36.0 Å². The highest BCUT2D eigenvalue weighted by atomic mass is 32.2. The topological polar surface area (TPSA) is 45.8 Å². The van der Waals surface area contributed by atoms with E-state index in [9.17, 15) is 13.6 Å². The molecule has 3 aromatic rings. The van der Waals surface area contributed by atoms with Gasteiger partial charge in [-0.3, -0.25) is 4.79 Å². The van der Waals surface area contributed by atoms with Gasteiger partial charge in [0.15, 0.2) is 5.76 Å². The predicted molar refractivity (Wildman–Crippen MR) is 101 cm³/mol. The maximum Gasteiger partial charge on any atom is 0.314 e. The van der Waals surface area contributed by atoms with E-state index < -0.39 is 11.7 Å². The minimum Gasteiger partial charge on any atom is -0.459 e. The Labute approximate surface area is 158 Å². The Hall–Kier alpha value is -2.93. The van der Waals surface area contributed by atoms with E-state index in [0.717, 1.165) is 16.8 Å². The second-order valence-electron chi connectivity index (χ2n) is 5.83. The minimum absolute atomic E-state index is 0.163. The average molecular weight is 384 g/mol. The van der Waals surface area contributed by atoms with Crippen molar-refractivity contribution >= 4 is 29.2 Å². The Kier molecular flexibility index (Phi) is 4.77. The molecule has 0 saturated carbocycles. The molecule has 0 bridgehead atoms. The van der Waals surface area contributed by atoms with Gasteiger partial charge in [0.2, 0.25) is 0 Å². The lowest BCUT2D eigenvalue weighted by molar-refractivity contribution is 0.0976. The van der Waals surface area contributed by atoms with Crippen LogP contribution in [0.25, 0.3) is 0 Å². The molecule has 0 unspecified atom stereocenters. The lowest BCUT2D eigenvalue weighted by Crippen LogP contribution is -2.25. The van der Waals surface area contributed by atoms with Gasteiger partial charge in [-0.05, 0) is 42.0 Å². The first-order chi connectivity index (χ1) is 13.1. The standard InChI is InChI=1S/C20H14F2N2O2S/c21-20(22)27-15-9-7-14(8-10-15)24-12-13-4-1-2-5-16(13)18(24)23-19(25)17-6-3-11-26-17/h1-11,20H,12H2. The molecular formula is C20H14F2N2O2S. The second kappa shape index (κ2) is 7.36. The third-order valence-electron chi connectivity index (χ3n) is 4.16. The van der Waals surface area contributed by atoms with Crippen LogP contribution < -0.4 is 4.90 Å². The first-order valence-electron chi connectivity index (χ1n) is 8.19. The second-order valence-corrected chi connectivity index (χ2v) is 6.90. The van der Waals surface area contributed by atoms with E-state index in [1.54, 1.807) is 36.4 Å². The van der Waals surface area contributed by atoms with Gasteiger partial charge >= 0.3 is 5.91 Å². The Morgan fingerprint density at radius 1 is 1.07 bits per heavy atom. The number of carbonyl (C=O) groups is 1. The quantitative estimate of drug-likeness (QED) is 0.580. The van der Waals surface area contributed by atoms with Crippen molar-refractivity contribution in [1.29, 1.82) is 0 Å². The molecular weight excluding hydrogens is 370 g/mol. The number of amides is 1. The molecule has 0 fully saturated rings. The van der Waals surface area contributed by atoms with Crippen LogP contribution >= 0.6 is 11.8 Å². The van der Waals surface area contributed by atoms with Crippen molar-refractivity contribution < 1.29 is 18.0 Å². The molecule has 4 nitrogen and oxygen atoms in total. The van der Waals surface area contributed by atoms with Crippen molar-refractivity contribution in [2.75, 3.05) is 4.90 Å². The summed E-state index contributed by atoms with van der Waals surface area (Å²) in [7, 11) is 0. The fourth-order valence-electron chi connectivity index (χ4n) is 2.96. The SMILES string of the molecule is O=C(N=C1c2ccccc2CN1c1ccc(SC(F)F)cc1)c1ccco1. The number of hydrogen-bond donors (Lipinski definition) is 0. The van der Waals surface area contributed by atoms with Gasteiger partial charge in [-0.25, -0.2) is 0 Å². The zero-order valence-corrected chi connectivity index (χ0v) is 14.8. The van der Waals surface area contributed by atoms with E-state index in [0.29, 0.717) is 29.0 Å². The number of carbonyl (C=O) groups excluding carboxylic acids is 1. The largest absolute Gasteiger partial charge is 0.459 e. The highest BCUT2D eigenvalue weighted by Crippen LogP contribution is 2.32. The summed E-state index contributed by atoms with van der Waals surface area (Å²) in [6.45, 7) is 0.543. The zero-order chi connectivity index (χ0) is 18.8. The zero-order valence-electron chi connectivity index (χ0n) is 14.0. The molecule has 2 heterocycles. The first kappa shape index (κ1) is 17.5. The molecule has 0 spiro atoms. The lowest BCUT2D eigenvalue weighted by Gasteiger charge is -2.19. The first-order valence-corrected chi connectivity index (χ1v) is 9.07. The Balaban J connectivity index is 1.70. The van der Waals surface area contributed by atoms with E-state index in [1.807, 2.05) is 29.2 Å². The molecule has 1 aliphatic heterocycles. The van der Waals surface area contributed by atoms with Gasteiger partial charge < -0.3 is 9.32 Å². The summed E-state index contributed by atoms with van der Waals surface area (Å²) < 4.78 is 30.2. The van der Waals surface area contributed by atoms with E-state index >= 15 is 0 Å². The van der Waals surface area contributed by atoms with Crippen LogP contribution in [-0.2, 0) is 6.54 Å². The molecule has 1 aromatic heterocycles. The summed E-state index contributed by atoms with van der Waals surface area (Å²) in [6, 6.07) is 17.7. The minimum atomic E-state index is -2.46. The molecule has 0 aliphatic carbocycles. The number of thioether (sulfide) groups is 1. The van der Waals surface area contributed by atoms with Crippen molar-refractivity contribution in [3.8, 4) is 0 Å². The van der Waals surface area contributed by atoms with Crippen LogP contribution in [0.15, 0.2) is 81.2 Å². The maximum absolute atomic E-state index is 12.5. The van der Waals surface area contributed by atoms with Crippen LogP contribution in [0.1, 0.15) is 21.7 Å². The number of hydrogen-bond acceptors (Lipinski definition) is 3. The number of furan rings is 1. The van der Waals surface area contributed by atoms with Crippen LogP contribution in [0.2, 0.25) is 0 Å². The molecule has 0 atom stereocenters. The smallest absolute Gasteiger partial charge is 0.314 e. The van der Waals surface area contributed by atoms with Gasteiger partial charge in [-0.15, -0.1) is 0 Å². The Morgan fingerprint density at radius 3 is 2.56 bits per heavy atom. The van der Waals surface area contributed by atoms with Crippen molar-refractivity contribution in [1.82, 2.24) is 0 Å². The molecule has 136 valence electrons. The Morgan fingerprint density at radius 2 is 1.85 bits per heavy atom. The molecule has 0 radical (unpaired) electrons. The number of anilines is 1. The summed E-state index contributed by atoms with van der Waals surface area (Å²) in [5.41, 5.74) is 2.67. The number of fused-ring (bicyclic) bond motifs is 1. The van der Waals surface area contributed by atoms with Gasteiger partial charge in [0, 0.05) is 16.1 Å². The fraction of sp³-hybridized carbons (Fsp3) is 0.100. The van der Waals surface area contributed by atoms with Crippen molar-refractivity contribution in [3.05, 3.63) is 83.8 Å². The van der Waals surface area contributed by atoms with Gasteiger partial charge in [0.05, 0.1) is 12.8 Å². The monoisotopic (exact) mass is 384 g/mol. The van der Waals surface area contributed by atoms with Crippen LogP contribution in [0.3, 0.4) is 0 Å². The average Bonchev–Trinajstić information content (AvgIpc) is 3.31. The van der Waals surface area contributed by atoms with Crippen molar-refractivity contribution in [3.63, 3.8) is 0 Å². The molecule has 0 N–H and O–H groups in total. The van der Waals surface area contributed by atoms with Gasteiger partial charge in [0.1, 0.15) is 5.84 Å². The summed E-state index contributed by atoms with van der Waals surface area (Å²) >= 11 is 0.498. The number of rotatable bonds is 4. The van der Waals surface area contributed by atoms with Crippen LogP contribution in [0, 0.1) is 0 Å². The summed E-state index contributed by atoms with van der Waals surface area (Å²) in [5.74, 6) is -2.26. The predicted octanol–water partition coefficient (Wildman–Crippen LogP) is 5.20. The molecule has 1 aliphatic rings. The van der Waals surface area contributed by atoms with Gasteiger partial charge in [0.25, 0.3) is 5.76 Å². The summed E-state index contributed by atoms with van der Waals surface area (Å²) in [6.07, 6.45) is 1.42. The summed E-state index contributed by atoms with van der Waals surface area (Å²) in [4.78, 5) is 19.1. The van der Waals surface area contributed by atoms with E-state index in [4.69, 9.17) is 4.42 Å². The van der Waals surface area contributed by atoms with Crippen LogP contribution in [-0.4, -0.2) is 17.5 Å². The number of alkyl halides is 2. The molecule has 4 rings (SSSR count). The lowest BCUT2D eigenvalue weighted by atomic mass is 10.1. The number of aliphatic imine (C=N–C) groups is 1. The number of nitrogens with zero attached hydrogens (tertiary/aromatic N) is 2. The molecule has 1 amide bonds. The molecule has 27 heavy (non-hydrogen) atoms. The normalized spacial score (nSPS) is 14.8. The van der Waals surface area contributed by atoms with Crippen molar-refractivity contribution in [2.45, 2.75) is 17.2 Å². The number of amidine groups is 1.